The van der Waals surface area contributed by atoms with E-state index in [2.05, 4.69) is 22.7 Å². The molecule has 2 aromatic rings. The Morgan fingerprint density at radius 2 is 1.87 bits per heavy atom. The van der Waals surface area contributed by atoms with E-state index < -0.39 is 0 Å². The van der Waals surface area contributed by atoms with Crippen molar-refractivity contribution < 1.29 is 9.90 Å². The smallest absolute Gasteiger partial charge is 0.243 e. The number of carbonyl (C=O) groups excluding carboxylic acids is 1. The van der Waals surface area contributed by atoms with Crippen LogP contribution in [0.2, 0.25) is 0 Å². The highest BCUT2D eigenvalue weighted by Crippen LogP contribution is 2.47. The van der Waals surface area contributed by atoms with Crippen molar-refractivity contribution in [2.45, 2.75) is 25.7 Å². The van der Waals surface area contributed by atoms with Gasteiger partial charge in [-0.2, -0.15) is 5.10 Å². The first-order valence-corrected chi connectivity index (χ1v) is 7.90. The van der Waals surface area contributed by atoms with Gasteiger partial charge >= 0.3 is 0 Å². The number of nitrogens with one attached hydrogen (secondary N) is 1. The van der Waals surface area contributed by atoms with Gasteiger partial charge in [-0.15, -0.1) is 0 Å². The van der Waals surface area contributed by atoms with Crippen LogP contribution < -0.4 is 5.43 Å². The first-order valence-electron chi connectivity index (χ1n) is 7.90. The maximum atomic E-state index is 12.2. The van der Waals surface area contributed by atoms with E-state index in [1.807, 2.05) is 31.2 Å². The van der Waals surface area contributed by atoms with Crippen LogP contribution in [0.4, 0.5) is 0 Å². The van der Waals surface area contributed by atoms with E-state index in [1.165, 1.54) is 5.56 Å². The van der Waals surface area contributed by atoms with Gasteiger partial charge in [-0.3, -0.25) is 4.79 Å². The van der Waals surface area contributed by atoms with Crippen LogP contribution in [-0.2, 0) is 4.79 Å². The molecule has 0 unspecified atom stereocenters. The monoisotopic (exact) mass is 308 g/mol. The normalized spacial score (nSPS) is 20.1. The van der Waals surface area contributed by atoms with Crippen molar-refractivity contribution in [2.24, 2.45) is 11.0 Å². The Hall–Kier alpha value is -2.62. The zero-order valence-electron chi connectivity index (χ0n) is 13.1. The summed E-state index contributed by atoms with van der Waals surface area (Å²) in [5.41, 5.74) is 5.19. The molecule has 23 heavy (non-hydrogen) atoms. The fraction of sp³-hybridized carbons (Fsp3) is 0.263. The molecule has 3 rings (SSSR count). The number of hydrogen-bond donors (Lipinski definition) is 2. The molecule has 2 atom stereocenters. The minimum Gasteiger partial charge on any atom is -0.507 e. The number of phenolic OH excluding ortho intramolecular Hbond substituents is 1. The molecule has 4 heteroatoms. The molecule has 2 N–H and O–H groups in total. The number of hydrazone groups is 1. The first kappa shape index (κ1) is 15.3. The van der Waals surface area contributed by atoms with Crippen molar-refractivity contribution in [3.8, 4) is 5.75 Å². The molecule has 0 bridgehead atoms. The van der Waals surface area contributed by atoms with E-state index in [0.29, 0.717) is 23.6 Å². The fourth-order valence-electron chi connectivity index (χ4n) is 2.81. The molecule has 0 aliphatic heterocycles. The van der Waals surface area contributed by atoms with Crippen molar-refractivity contribution in [1.29, 1.82) is 0 Å². The predicted octanol–water partition coefficient (Wildman–Crippen LogP) is 3.43. The number of rotatable bonds is 5. The Balaban J connectivity index is 1.65. The van der Waals surface area contributed by atoms with Gasteiger partial charge in [0.15, 0.2) is 0 Å². The van der Waals surface area contributed by atoms with Crippen LogP contribution in [0.25, 0.3) is 0 Å². The number of para-hydroxylation sites is 1. The Morgan fingerprint density at radius 3 is 2.57 bits per heavy atom. The van der Waals surface area contributed by atoms with Crippen LogP contribution in [-0.4, -0.2) is 16.7 Å². The second-order valence-electron chi connectivity index (χ2n) is 5.76. The van der Waals surface area contributed by atoms with Crippen molar-refractivity contribution in [3.63, 3.8) is 0 Å². The number of amides is 1. The van der Waals surface area contributed by atoms with Gasteiger partial charge in [0.25, 0.3) is 0 Å². The van der Waals surface area contributed by atoms with Gasteiger partial charge in [0.05, 0.1) is 5.71 Å². The molecular weight excluding hydrogens is 288 g/mol. The third-order valence-electron chi connectivity index (χ3n) is 4.21. The van der Waals surface area contributed by atoms with Gasteiger partial charge in [0, 0.05) is 11.5 Å². The van der Waals surface area contributed by atoms with Crippen LogP contribution in [0.3, 0.4) is 0 Å². The molecule has 0 radical (unpaired) electrons. The summed E-state index contributed by atoms with van der Waals surface area (Å²) in [6.07, 6.45) is 1.49. The molecule has 1 fully saturated rings. The van der Waals surface area contributed by atoms with Gasteiger partial charge in [0.2, 0.25) is 5.91 Å². The molecule has 118 valence electrons. The van der Waals surface area contributed by atoms with Gasteiger partial charge < -0.3 is 5.11 Å². The van der Waals surface area contributed by atoms with E-state index >= 15 is 0 Å². The summed E-state index contributed by atoms with van der Waals surface area (Å²) in [4.78, 5) is 12.2. The molecule has 2 aromatic carbocycles. The lowest BCUT2D eigenvalue weighted by Gasteiger charge is -2.07. The highest BCUT2D eigenvalue weighted by atomic mass is 16.3. The largest absolute Gasteiger partial charge is 0.507 e. The van der Waals surface area contributed by atoms with Crippen LogP contribution in [0, 0.1) is 5.92 Å². The Bertz CT molecular complexity index is 725. The first-order chi connectivity index (χ1) is 11.2. The lowest BCUT2D eigenvalue weighted by Crippen LogP contribution is -2.22. The van der Waals surface area contributed by atoms with Crippen molar-refractivity contribution in [3.05, 3.63) is 65.7 Å². The Labute approximate surface area is 135 Å². The number of benzene rings is 2. The van der Waals surface area contributed by atoms with Gasteiger partial charge in [0.1, 0.15) is 5.75 Å². The standard InChI is InChI=1S/C19H20N2O2/c1-2-17(14-10-6-7-11-18(14)22)20-21-19(23)16-12-15(16)13-8-4-3-5-9-13/h3-11,15-16,22H,2,12H2,1H3,(H,21,23)/t15-,16-/m0/s1. The predicted molar refractivity (Wildman–Crippen MR) is 90.4 cm³/mol. The van der Waals surface area contributed by atoms with E-state index in [-0.39, 0.29) is 17.6 Å². The third-order valence-corrected chi connectivity index (χ3v) is 4.21. The molecule has 0 aromatic heterocycles. The lowest BCUT2D eigenvalue weighted by atomic mass is 10.1. The maximum Gasteiger partial charge on any atom is 0.243 e. The van der Waals surface area contributed by atoms with Gasteiger partial charge in [-0.1, -0.05) is 49.4 Å². The number of aromatic hydroxyl groups is 1. The quantitative estimate of drug-likeness (QED) is 0.656. The third kappa shape index (κ3) is 3.42. The molecular formula is C19H20N2O2. The van der Waals surface area contributed by atoms with Gasteiger partial charge in [-0.25, -0.2) is 5.43 Å². The van der Waals surface area contributed by atoms with Crippen LogP contribution in [0.1, 0.15) is 36.8 Å². The molecule has 1 saturated carbocycles. The second-order valence-corrected chi connectivity index (χ2v) is 5.76. The minimum atomic E-state index is -0.0553. The van der Waals surface area contributed by atoms with E-state index in [9.17, 15) is 9.90 Å². The highest BCUT2D eigenvalue weighted by molar-refractivity contribution is 6.03. The summed E-state index contributed by atoms with van der Waals surface area (Å²) in [7, 11) is 0. The Morgan fingerprint density at radius 1 is 1.17 bits per heavy atom. The molecule has 0 saturated heterocycles. The molecule has 0 spiro atoms. The number of nitrogens with zero attached hydrogens (tertiary/aromatic N) is 1. The fourth-order valence-corrected chi connectivity index (χ4v) is 2.81. The van der Waals surface area contributed by atoms with Crippen molar-refractivity contribution in [2.75, 3.05) is 0 Å². The molecule has 4 nitrogen and oxygen atoms in total. The SMILES string of the molecule is CCC(=NNC(=O)[C@H]1C[C@H]1c1ccccc1)c1ccccc1O. The molecule has 0 heterocycles. The molecule has 1 aliphatic carbocycles. The summed E-state index contributed by atoms with van der Waals surface area (Å²) < 4.78 is 0. The topological polar surface area (TPSA) is 61.7 Å². The lowest BCUT2D eigenvalue weighted by molar-refractivity contribution is -0.122. The number of hydrogen-bond acceptors (Lipinski definition) is 3. The second kappa shape index (κ2) is 6.65. The highest BCUT2D eigenvalue weighted by Gasteiger charge is 2.43. The van der Waals surface area contributed by atoms with Gasteiger partial charge in [-0.05, 0) is 36.5 Å². The zero-order chi connectivity index (χ0) is 16.2. The zero-order valence-corrected chi connectivity index (χ0v) is 13.1. The number of carbonyl (C=O) groups is 1. The summed E-state index contributed by atoms with van der Waals surface area (Å²) in [6.45, 7) is 1.95. The average molecular weight is 308 g/mol. The summed E-state index contributed by atoms with van der Waals surface area (Å²) in [6, 6.07) is 17.1. The van der Waals surface area contributed by atoms with Crippen molar-refractivity contribution in [1.82, 2.24) is 5.43 Å². The van der Waals surface area contributed by atoms with Crippen molar-refractivity contribution >= 4 is 11.6 Å². The summed E-state index contributed by atoms with van der Waals surface area (Å²) >= 11 is 0. The maximum absolute atomic E-state index is 12.2. The summed E-state index contributed by atoms with van der Waals surface area (Å²) in [5.74, 6) is 0.404. The molecule has 1 amide bonds. The van der Waals surface area contributed by atoms with Crippen LogP contribution >= 0.6 is 0 Å². The van der Waals surface area contributed by atoms with E-state index in [4.69, 9.17) is 0 Å². The van der Waals surface area contributed by atoms with E-state index in [1.54, 1.807) is 18.2 Å². The Kier molecular flexibility index (Phi) is 4.42. The number of phenols is 1. The molecule has 1 aliphatic rings. The summed E-state index contributed by atoms with van der Waals surface area (Å²) in [5, 5.41) is 14.1. The van der Waals surface area contributed by atoms with Crippen LogP contribution in [0.5, 0.6) is 5.75 Å². The van der Waals surface area contributed by atoms with E-state index in [0.717, 1.165) is 6.42 Å². The average Bonchev–Trinajstić information content (AvgIpc) is 3.38. The van der Waals surface area contributed by atoms with Crippen LogP contribution in [0.15, 0.2) is 59.7 Å². The minimum absolute atomic E-state index is 0.0105.